The third kappa shape index (κ3) is 16.0. The Kier molecular flexibility index (Phi) is 21.2. The number of likely N-dealkylation sites (tertiary alicyclic amines) is 1. The molecule has 248 valence electrons. The number of benzene rings is 1. The average molecular weight is 618 g/mol. The van der Waals surface area contributed by atoms with Gasteiger partial charge in [0, 0.05) is 30.5 Å². The Morgan fingerprint density at radius 3 is 2.53 bits per heavy atom. The van der Waals surface area contributed by atoms with Crippen LogP contribution in [0.1, 0.15) is 64.4 Å². The van der Waals surface area contributed by atoms with Crippen LogP contribution >= 0.6 is 0 Å². The molecule has 45 heavy (non-hydrogen) atoms. The Hall–Kier alpha value is -3.32. The molecule has 2 aliphatic rings. The number of aldehydes is 1. The van der Waals surface area contributed by atoms with Crippen LogP contribution < -0.4 is 11.1 Å². The van der Waals surface area contributed by atoms with E-state index in [9.17, 15) is 14.7 Å². The quantitative estimate of drug-likeness (QED) is 0.102. The number of β-amino-alcohol motifs (C(OH)–C–C–N with tert-alkyl or cyclic N) is 1. The summed E-state index contributed by atoms with van der Waals surface area (Å²) in [5.41, 5.74) is 6.78. The predicted octanol–water partition coefficient (Wildman–Crippen LogP) is 6.75. The summed E-state index contributed by atoms with van der Waals surface area (Å²) in [6.45, 7) is 12.3. The van der Waals surface area contributed by atoms with Crippen molar-refractivity contribution in [2.45, 2.75) is 83.4 Å². The van der Waals surface area contributed by atoms with Crippen LogP contribution in [0.2, 0.25) is 0 Å². The van der Waals surface area contributed by atoms with Gasteiger partial charge in [0.25, 0.3) is 0 Å². The number of hydrogen-bond donors (Lipinski definition) is 3. The second kappa shape index (κ2) is 24.0. The lowest BCUT2D eigenvalue weighted by Crippen LogP contribution is -2.41. The van der Waals surface area contributed by atoms with Crippen molar-refractivity contribution in [2.24, 2.45) is 23.5 Å². The van der Waals surface area contributed by atoms with Crippen LogP contribution in [0.5, 0.6) is 0 Å². The van der Waals surface area contributed by atoms with Crippen LogP contribution in [-0.2, 0) is 16.0 Å². The highest BCUT2D eigenvalue weighted by atomic mass is 16.3. The van der Waals surface area contributed by atoms with Crippen LogP contribution in [0.3, 0.4) is 0 Å². The van der Waals surface area contributed by atoms with Gasteiger partial charge in [0.15, 0.2) is 0 Å². The zero-order chi connectivity index (χ0) is 33.5. The first-order chi connectivity index (χ1) is 21.8. The van der Waals surface area contributed by atoms with E-state index in [1.54, 1.807) is 0 Å². The number of nitrogens with two attached hydrogens (primary N) is 1. The van der Waals surface area contributed by atoms with Crippen LogP contribution in [0.25, 0.3) is 0 Å². The van der Waals surface area contributed by atoms with Gasteiger partial charge in [-0.3, -0.25) is 4.79 Å². The first-order valence-electron chi connectivity index (χ1n) is 16.4. The van der Waals surface area contributed by atoms with Crippen molar-refractivity contribution in [3.05, 3.63) is 109 Å². The van der Waals surface area contributed by atoms with E-state index < -0.39 is 6.10 Å². The van der Waals surface area contributed by atoms with Crippen LogP contribution in [0.4, 0.5) is 0 Å². The van der Waals surface area contributed by atoms with Crippen molar-refractivity contribution in [3.63, 3.8) is 0 Å². The predicted molar refractivity (Wildman–Crippen MR) is 191 cm³/mol. The molecular formula is C39H59N3O3. The maximum atomic E-state index is 13.0. The van der Waals surface area contributed by atoms with E-state index in [1.807, 2.05) is 73.5 Å². The van der Waals surface area contributed by atoms with Gasteiger partial charge in [0.05, 0.1) is 6.10 Å². The van der Waals surface area contributed by atoms with E-state index in [2.05, 4.69) is 61.5 Å². The molecule has 4 unspecified atom stereocenters. The van der Waals surface area contributed by atoms with Gasteiger partial charge < -0.3 is 25.9 Å². The molecule has 4 N–H and O–H groups in total. The van der Waals surface area contributed by atoms with E-state index in [0.29, 0.717) is 37.8 Å². The molecule has 1 aliphatic carbocycles. The normalized spacial score (nSPS) is 21.1. The molecule has 0 aromatic heterocycles. The van der Waals surface area contributed by atoms with Crippen molar-refractivity contribution >= 4 is 12.2 Å². The summed E-state index contributed by atoms with van der Waals surface area (Å²) >= 11 is 0. The third-order valence-corrected chi connectivity index (χ3v) is 8.27. The second-order valence-corrected chi connectivity index (χ2v) is 11.9. The summed E-state index contributed by atoms with van der Waals surface area (Å²) in [5, 5.41) is 14.0. The van der Waals surface area contributed by atoms with Crippen molar-refractivity contribution in [1.29, 1.82) is 0 Å². The molecule has 0 radical (unpaired) electrons. The molecule has 6 nitrogen and oxygen atoms in total. The Morgan fingerprint density at radius 1 is 1.20 bits per heavy atom. The maximum Gasteiger partial charge on any atom is 0.226 e. The SMILES string of the molecule is C=C(/C=C\C=C/C)CC[C@H](C)NC.C=CCC1C[C@H](CC2C=CC=CC2)N(CC(O)CC(C=O)Cc2ccccc2)C1=O.CN. The van der Waals surface area contributed by atoms with Crippen LogP contribution in [0.15, 0.2) is 104 Å². The Balaban J connectivity index is 0.000000570. The molecule has 6 heteroatoms. The molecule has 0 saturated carbocycles. The molecule has 1 saturated heterocycles. The summed E-state index contributed by atoms with van der Waals surface area (Å²) in [5.74, 6) is 0.235. The monoisotopic (exact) mass is 617 g/mol. The molecule has 1 aromatic rings. The smallest absolute Gasteiger partial charge is 0.226 e. The van der Waals surface area contributed by atoms with Crippen LogP contribution in [-0.4, -0.2) is 61.0 Å². The number of allylic oxidation sites excluding steroid dienone is 10. The average Bonchev–Trinajstić information content (AvgIpc) is 3.34. The van der Waals surface area contributed by atoms with E-state index in [4.69, 9.17) is 0 Å². The maximum absolute atomic E-state index is 13.0. The second-order valence-electron chi connectivity index (χ2n) is 11.9. The number of hydrogen-bond acceptors (Lipinski definition) is 5. The highest BCUT2D eigenvalue weighted by molar-refractivity contribution is 5.81. The van der Waals surface area contributed by atoms with Crippen molar-refractivity contribution in [3.8, 4) is 0 Å². The zero-order valence-corrected chi connectivity index (χ0v) is 28.2. The summed E-state index contributed by atoms with van der Waals surface area (Å²) in [7, 11) is 3.49. The molecule has 0 spiro atoms. The highest BCUT2D eigenvalue weighted by Crippen LogP contribution is 2.33. The summed E-state index contributed by atoms with van der Waals surface area (Å²) in [4.78, 5) is 26.5. The van der Waals surface area contributed by atoms with Gasteiger partial charge in [-0.25, -0.2) is 0 Å². The minimum absolute atomic E-state index is 0.0472. The molecule has 3 rings (SSSR count). The molecule has 0 bridgehead atoms. The summed E-state index contributed by atoms with van der Waals surface area (Å²) < 4.78 is 0. The van der Waals surface area contributed by atoms with Gasteiger partial charge >= 0.3 is 0 Å². The summed E-state index contributed by atoms with van der Waals surface area (Å²) in [6, 6.07) is 10.5. The lowest BCUT2D eigenvalue weighted by Gasteiger charge is -2.30. The van der Waals surface area contributed by atoms with Gasteiger partial charge in [-0.15, -0.1) is 6.58 Å². The third-order valence-electron chi connectivity index (χ3n) is 8.27. The van der Waals surface area contributed by atoms with Crippen LogP contribution in [0, 0.1) is 17.8 Å². The van der Waals surface area contributed by atoms with Crippen molar-refractivity contribution < 1.29 is 14.7 Å². The first kappa shape index (κ1) is 39.7. The lowest BCUT2D eigenvalue weighted by atomic mass is 9.90. The number of nitrogens with zero attached hydrogens (tertiary/aromatic N) is 1. The number of amides is 1. The molecule has 1 fully saturated rings. The minimum Gasteiger partial charge on any atom is -0.391 e. The molecule has 1 aliphatic heterocycles. The number of carbonyl (C=O) groups is 2. The molecule has 6 atom stereocenters. The number of carbonyl (C=O) groups excluding carboxylic acids is 2. The standard InChI is InChI=1S/C26H33NO3.C12H21N.CH5N/c1-2-9-23-17-24(15-21-12-7-4-8-13-21)27(26(23)30)18-25(29)16-22(19-28)14-20-10-5-3-6-11-20;1-5-6-7-8-11(2)9-10-12(3)13-4;1-2/h2-8,10-12,19,21-25,29H,1,9,13-18H2;5-8,12-13H,2,9-10H2,1,3-4H3;2H2,1H3/b;6-5-,8-7-;/t21?,22?,23?,24-,25?;12-;/m00./s1. The van der Waals surface area contributed by atoms with Gasteiger partial charge in [0.2, 0.25) is 5.91 Å². The fourth-order valence-electron chi connectivity index (χ4n) is 5.67. The van der Waals surface area contributed by atoms with E-state index >= 15 is 0 Å². The van der Waals surface area contributed by atoms with Gasteiger partial charge in [-0.05, 0) is 90.8 Å². The Bertz CT molecular complexity index is 1110. The Morgan fingerprint density at radius 2 is 1.93 bits per heavy atom. The molecular weight excluding hydrogens is 558 g/mol. The molecule has 1 heterocycles. The van der Waals surface area contributed by atoms with Gasteiger partial charge in [-0.1, -0.05) is 97.2 Å². The lowest BCUT2D eigenvalue weighted by molar-refractivity contribution is -0.133. The fraction of sp³-hybridized carbons (Fsp3) is 0.487. The molecule has 1 amide bonds. The number of nitrogens with one attached hydrogen (secondary N) is 1. The number of aliphatic hydroxyl groups excluding tert-OH is 1. The first-order valence-corrected chi connectivity index (χ1v) is 16.4. The topological polar surface area (TPSA) is 95.7 Å². The molecule has 1 aromatic carbocycles. The highest BCUT2D eigenvalue weighted by Gasteiger charge is 2.40. The van der Waals surface area contributed by atoms with Gasteiger partial charge in [0.1, 0.15) is 6.29 Å². The zero-order valence-electron chi connectivity index (χ0n) is 28.2. The fourth-order valence-corrected chi connectivity index (χ4v) is 5.67. The number of aliphatic hydroxyl groups is 1. The van der Waals surface area contributed by atoms with Crippen molar-refractivity contribution in [2.75, 3.05) is 20.6 Å². The summed E-state index contributed by atoms with van der Waals surface area (Å²) in [6.07, 6.45) is 25.3. The minimum atomic E-state index is -0.709. The van der Waals surface area contributed by atoms with E-state index in [-0.39, 0.29) is 23.8 Å². The van der Waals surface area contributed by atoms with E-state index in [1.165, 1.54) is 12.6 Å². The Labute approximate surface area is 273 Å². The van der Waals surface area contributed by atoms with E-state index in [0.717, 1.165) is 44.0 Å². The van der Waals surface area contributed by atoms with Gasteiger partial charge in [-0.2, -0.15) is 0 Å². The largest absolute Gasteiger partial charge is 0.391 e. The number of rotatable bonds is 17. The van der Waals surface area contributed by atoms with Crippen molar-refractivity contribution in [1.82, 2.24) is 10.2 Å².